The fourth-order valence-corrected chi connectivity index (χ4v) is 3.60. The molecule has 5 heteroatoms. The Kier molecular flexibility index (Phi) is 6.39. The van der Waals surface area contributed by atoms with Crippen LogP contribution in [-0.2, 0) is 0 Å². The standard InChI is InChI=1S/C13H18ClNOS2/c1-5-17-10-8-7-9(13(16)15(3)4)12(11(10)14)18-6-2/h7-8H,5-6H2,1-4H3. The quantitative estimate of drug-likeness (QED) is 0.758. The fraction of sp³-hybridized carbons (Fsp3) is 0.462. The van der Waals surface area contributed by atoms with Crippen LogP contribution in [0.3, 0.4) is 0 Å². The highest BCUT2D eigenvalue weighted by Crippen LogP contribution is 2.38. The molecule has 0 spiro atoms. The Balaban J connectivity index is 3.26. The van der Waals surface area contributed by atoms with Crippen LogP contribution in [0.2, 0.25) is 5.02 Å². The first-order chi connectivity index (χ1) is 8.52. The molecule has 1 aromatic rings. The lowest BCUT2D eigenvalue weighted by atomic mass is 10.2. The number of carbonyl (C=O) groups excluding carboxylic acids is 1. The van der Waals surface area contributed by atoms with Crippen molar-refractivity contribution in [3.8, 4) is 0 Å². The van der Waals surface area contributed by atoms with Gasteiger partial charge in [0.1, 0.15) is 0 Å². The number of nitrogens with zero attached hydrogens (tertiary/aromatic N) is 1. The number of hydrogen-bond donors (Lipinski definition) is 0. The van der Waals surface area contributed by atoms with Crippen LogP contribution < -0.4 is 0 Å². The van der Waals surface area contributed by atoms with Gasteiger partial charge in [-0.3, -0.25) is 4.79 Å². The molecule has 0 saturated carbocycles. The molecule has 0 N–H and O–H groups in total. The summed E-state index contributed by atoms with van der Waals surface area (Å²) in [7, 11) is 3.51. The molecule has 0 saturated heterocycles. The van der Waals surface area contributed by atoms with E-state index in [-0.39, 0.29) is 5.91 Å². The van der Waals surface area contributed by atoms with Gasteiger partial charge in [0.15, 0.2) is 0 Å². The van der Waals surface area contributed by atoms with Gasteiger partial charge in [-0.1, -0.05) is 25.4 Å². The minimum Gasteiger partial charge on any atom is -0.345 e. The molecule has 0 aromatic heterocycles. The number of hydrogen-bond acceptors (Lipinski definition) is 3. The predicted octanol–water partition coefficient (Wildman–Crippen LogP) is 4.27. The highest BCUT2D eigenvalue weighted by atomic mass is 35.5. The van der Waals surface area contributed by atoms with Crippen molar-refractivity contribution in [1.29, 1.82) is 0 Å². The monoisotopic (exact) mass is 303 g/mol. The van der Waals surface area contributed by atoms with Gasteiger partial charge in [0.05, 0.1) is 10.6 Å². The minimum atomic E-state index is 0.000832. The number of halogens is 1. The van der Waals surface area contributed by atoms with E-state index in [9.17, 15) is 4.79 Å². The normalized spacial score (nSPS) is 10.5. The van der Waals surface area contributed by atoms with Gasteiger partial charge in [-0.05, 0) is 23.6 Å². The average molecular weight is 304 g/mol. The van der Waals surface area contributed by atoms with E-state index in [4.69, 9.17) is 11.6 Å². The highest BCUT2D eigenvalue weighted by molar-refractivity contribution is 8.00. The molecule has 2 nitrogen and oxygen atoms in total. The van der Waals surface area contributed by atoms with E-state index in [2.05, 4.69) is 13.8 Å². The van der Waals surface area contributed by atoms with Gasteiger partial charge < -0.3 is 4.90 Å². The summed E-state index contributed by atoms with van der Waals surface area (Å²) in [6.45, 7) is 4.15. The zero-order valence-electron chi connectivity index (χ0n) is 11.1. The lowest BCUT2D eigenvalue weighted by Crippen LogP contribution is -2.22. The molecule has 0 aliphatic rings. The predicted molar refractivity (Wildman–Crippen MR) is 82.3 cm³/mol. The van der Waals surface area contributed by atoms with E-state index >= 15 is 0 Å². The van der Waals surface area contributed by atoms with Crippen LogP contribution in [0.1, 0.15) is 24.2 Å². The molecule has 0 fully saturated rings. The van der Waals surface area contributed by atoms with Crippen LogP contribution in [-0.4, -0.2) is 36.4 Å². The van der Waals surface area contributed by atoms with Crippen LogP contribution in [0, 0.1) is 0 Å². The zero-order valence-corrected chi connectivity index (χ0v) is 13.5. The van der Waals surface area contributed by atoms with Crippen LogP contribution in [0.4, 0.5) is 0 Å². The van der Waals surface area contributed by atoms with E-state index in [1.54, 1.807) is 42.5 Å². The first-order valence-corrected chi connectivity index (χ1v) is 8.17. The maximum absolute atomic E-state index is 12.1. The Morgan fingerprint density at radius 3 is 2.33 bits per heavy atom. The van der Waals surface area contributed by atoms with E-state index in [1.807, 2.05) is 12.1 Å². The second kappa shape index (κ2) is 7.31. The van der Waals surface area contributed by atoms with Crippen LogP contribution in [0.15, 0.2) is 21.9 Å². The van der Waals surface area contributed by atoms with Crippen molar-refractivity contribution in [3.05, 3.63) is 22.7 Å². The Morgan fingerprint density at radius 2 is 1.83 bits per heavy atom. The third kappa shape index (κ3) is 3.59. The Hall–Kier alpha value is -0.320. The molecular formula is C13H18ClNOS2. The maximum Gasteiger partial charge on any atom is 0.254 e. The summed E-state index contributed by atoms with van der Waals surface area (Å²) < 4.78 is 0. The molecule has 0 aliphatic carbocycles. The first-order valence-electron chi connectivity index (χ1n) is 5.82. The first kappa shape index (κ1) is 15.7. The molecule has 0 atom stereocenters. The van der Waals surface area contributed by atoms with E-state index in [0.29, 0.717) is 10.6 Å². The topological polar surface area (TPSA) is 20.3 Å². The van der Waals surface area contributed by atoms with Crippen molar-refractivity contribution < 1.29 is 4.79 Å². The van der Waals surface area contributed by atoms with Crippen molar-refractivity contribution in [3.63, 3.8) is 0 Å². The molecule has 0 unspecified atom stereocenters. The van der Waals surface area contributed by atoms with Crippen LogP contribution >= 0.6 is 35.1 Å². The second-order valence-corrected chi connectivity index (χ2v) is 6.78. The zero-order chi connectivity index (χ0) is 13.7. The van der Waals surface area contributed by atoms with Crippen molar-refractivity contribution >= 4 is 41.0 Å². The Labute approximate surface area is 122 Å². The van der Waals surface area contributed by atoms with Crippen molar-refractivity contribution in [2.75, 3.05) is 25.6 Å². The van der Waals surface area contributed by atoms with E-state index < -0.39 is 0 Å². The van der Waals surface area contributed by atoms with Crippen molar-refractivity contribution in [2.24, 2.45) is 0 Å². The second-order valence-electron chi connectivity index (χ2n) is 3.82. The summed E-state index contributed by atoms with van der Waals surface area (Å²) in [6.07, 6.45) is 0. The molecule has 0 aliphatic heterocycles. The molecule has 1 rings (SSSR count). The number of amides is 1. The summed E-state index contributed by atoms with van der Waals surface area (Å²) in [6, 6.07) is 3.82. The molecule has 0 bridgehead atoms. The molecule has 100 valence electrons. The van der Waals surface area contributed by atoms with Gasteiger partial charge in [-0.2, -0.15) is 0 Å². The SMILES string of the molecule is CCSc1ccc(C(=O)N(C)C)c(SCC)c1Cl. The maximum atomic E-state index is 12.1. The largest absolute Gasteiger partial charge is 0.345 e. The summed E-state index contributed by atoms with van der Waals surface area (Å²) in [5.74, 6) is 1.87. The molecular weight excluding hydrogens is 286 g/mol. The van der Waals surface area contributed by atoms with Gasteiger partial charge in [0.25, 0.3) is 5.91 Å². The molecule has 1 amide bonds. The lowest BCUT2D eigenvalue weighted by molar-refractivity contribution is 0.0824. The highest BCUT2D eigenvalue weighted by Gasteiger charge is 2.18. The third-order valence-corrected chi connectivity index (χ3v) is 4.84. The average Bonchev–Trinajstić information content (AvgIpc) is 2.34. The van der Waals surface area contributed by atoms with Crippen LogP contribution in [0.5, 0.6) is 0 Å². The van der Waals surface area contributed by atoms with Gasteiger partial charge in [0.2, 0.25) is 0 Å². The smallest absolute Gasteiger partial charge is 0.254 e. The summed E-state index contributed by atoms with van der Waals surface area (Å²) in [5, 5.41) is 0.710. The summed E-state index contributed by atoms with van der Waals surface area (Å²) in [5.41, 5.74) is 0.692. The van der Waals surface area contributed by atoms with Gasteiger partial charge in [-0.15, -0.1) is 23.5 Å². The Bertz CT molecular complexity index is 435. The number of thioether (sulfide) groups is 2. The van der Waals surface area contributed by atoms with Crippen molar-refractivity contribution in [1.82, 2.24) is 4.90 Å². The molecule has 0 radical (unpaired) electrons. The van der Waals surface area contributed by atoms with Gasteiger partial charge in [0, 0.05) is 23.9 Å². The summed E-state index contributed by atoms with van der Waals surface area (Å²) >= 11 is 9.73. The minimum absolute atomic E-state index is 0.000832. The fourth-order valence-electron chi connectivity index (χ4n) is 1.50. The Morgan fingerprint density at radius 1 is 1.22 bits per heavy atom. The number of rotatable bonds is 5. The van der Waals surface area contributed by atoms with E-state index in [1.165, 1.54) is 0 Å². The van der Waals surface area contributed by atoms with Gasteiger partial charge in [-0.25, -0.2) is 0 Å². The molecule has 0 heterocycles. The van der Waals surface area contributed by atoms with E-state index in [0.717, 1.165) is 21.3 Å². The number of benzene rings is 1. The number of carbonyl (C=O) groups is 1. The molecule has 1 aromatic carbocycles. The van der Waals surface area contributed by atoms with Crippen LogP contribution in [0.25, 0.3) is 0 Å². The van der Waals surface area contributed by atoms with Gasteiger partial charge >= 0.3 is 0 Å². The third-order valence-electron chi connectivity index (χ3n) is 2.29. The van der Waals surface area contributed by atoms with Crippen molar-refractivity contribution in [2.45, 2.75) is 23.6 Å². The summed E-state index contributed by atoms with van der Waals surface area (Å²) in [4.78, 5) is 15.6. The molecule has 18 heavy (non-hydrogen) atoms. The lowest BCUT2D eigenvalue weighted by Gasteiger charge is -2.16.